The molecule has 0 radical (unpaired) electrons. The minimum Gasteiger partial charge on any atom is -0.485 e. The van der Waals surface area contributed by atoms with Crippen molar-refractivity contribution in [1.29, 1.82) is 0 Å². The quantitative estimate of drug-likeness (QED) is 0.164. The third-order valence-corrected chi connectivity index (χ3v) is 12.0. The van der Waals surface area contributed by atoms with Gasteiger partial charge >= 0.3 is 0 Å². The van der Waals surface area contributed by atoms with Gasteiger partial charge in [0.2, 0.25) is 0 Å². The second kappa shape index (κ2) is 13.5. The molecule has 0 saturated carbocycles. The first-order valence-corrected chi connectivity index (χ1v) is 20.2. The summed E-state index contributed by atoms with van der Waals surface area (Å²) in [4.78, 5) is 15.3. The molecule has 1 aliphatic carbocycles. The summed E-state index contributed by atoms with van der Waals surface area (Å²) in [6, 6.07) is 62.5. The van der Waals surface area contributed by atoms with E-state index in [1.807, 2.05) is 18.2 Å². The van der Waals surface area contributed by atoms with Gasteiger partial charge in [-0.3, -0.25) is 0 Å². The average molecular weight is 754 g/mol. The van der Waals surface area contributed by atoms with Crippen molar-refractivity contribution in [1.82, 2.24) is 15.0 Å². The van der Waals surface area contributed by atoms with E-state index in [2.05, 4.69) is 182 Å². The van der Waals surface area contributed by atoms with Gasteiger partial charge < -0.3 is 4.74 Å². The van der Waals surface area contributed by atoms with Crippen molar-refractivity contribution >= 4 is 43.1 Å². The third-order valence-electron chi connectivity index (χ3n) is 12.0. The van der Waals surface area contributed by atoms with Gasteiger partial charge in [-0.05, 0) is 89.6 Å². The largest absolute Gasteiger partial charge is 0.485 e. The van der Waals surface area contributed by atoms with E-state index in [1.54, 1.807) is 0 Å². The number of aromatic nitrogens is 3. The number of fused-ring (bicyclic) bond motifs is 9. The summed E-state index contributed by atoms with van der Waals surface area (Å²) in [5.74, 6) is 3.06. The van der Waals surface area contributed by atoms with Crippen molar-refractivity contribution in [3.8, 4) is 62.2 Å². The summed E-state index contributed by atoms with van der Waals surface area (Å²) < 4.78 is 6.37. The Morgan fingerprint density at radius 3 is 1.83 bits per heavy atom. The second-order valence-electron chi connectivity index (χ2n) is 15.4. The number of rotatable bonds is 5. The lowest BCUT2D eigenvalue weighted by Gasteiger charge is -2.17. The van der Waals surface area contributed by atoms with Crippen molar-refractivity contribution in [2.24, 2.45) is 0 Å². The fourth-order valence-electron chi connectivity index (χ4n) is 9.25. The minimum absolute atomic E-state index is 0.0321. The van der Waals surface area contributed by atoms with Gasteiger partial charge in [-0.1, -0.05) is 176 Å². The lowest BCUT2D eigenvalue weighted by molar-refractivity contribution is 0.269. The summed E-state index contributed by atoms with van der Waals surface area (Å²) in [5, 5.41) is 9.78. The molecular weight excluding hydrogens is 719 g/mol. The van der Waals surface area contributed by atoms with Gasteiger partial charge in [0.05, 0.1) is 0 Å². The van der Waals surface area contributed by atoms with Crippen molar-refractivity contribution in [2.45, 2.75) is 12.0 Å². The van der Waals surface area contributed by atoms with Gasteiger partial charge in [0.1, 0.15) is 11.9 Å². The van der Waals surface area contributed by atoms with E-state index in [9.17, 15) is 0 Å². The molecule has 4 nitrogen and oxygen atoms in total. The maximum absolute atomic E-state index is 6.37. The molecular formula is C55H35N3O. The lowest BCUT2D eigenvalue weighted by atomic mass is 9.85. The van der Waals surface area contributed by atoms with Crippen LogP contribution in [0.4, 0.5) is 0 Å². The van der Waals surface area contributed by atoms with Crippen LogP contribution in [0.1, 0.15) is 11.5 Å². The zero-order valence-corrected chi connectivity index (χ0v) is 32.0. The predicted octanol–water partition coefficient (Wildman–Crippen LogP) is 13.8. The maximum Gasteiger partial charge on any atom is 0.164 e. The van der Waals surface area contributed by atoms with Crippen LogP contribution in [-0.2, 0) is 0 Å². The van der Waals surface area contributed by atoms with Crippen molar-refractivity contribution < 1.29 is 4.74 Å². The summed E-state index contributed by atoms with van der Waals surface area (Å²) in [5.41, 5.74) is 8.79. The van der Waals surface area contributed by atoms with Crippen LogP contribution < -0.4 is 4.74 Å². The first-order valence-electron chi connectivity index (χ1n) is 20.2. The van der Waals surface area contributed by atoms with Crippen LogP contribution in [0.3, 0.4) is 0 Å². The van der Waals surface area contributed by atoms with Gasteiger partial charge in [-0.2, -0.15) is 0 Å². The van der Waals surface area contributed by atoms with E-state index >= 15 is 0 Å². The van der Waals surface area contributed by atoms with E-state index in [1.165, 1.54) is 60.0 Å². The molecule has 0 spiro atoms. The van der Waals surface area contributed by atoms with Crippen molar-refractivity contribution in [3.63, 3.8) is 0 Å². The molecule has 9 aromatic carbocycles. The van der Waals surface area contributed by atoms with E-state index in [-0.39, 0.29) is 12.0 Å². The molecule has 0 amide bonds. The number of hydrogen-bond donors (Lipinski definition) is 0. The van der Waals surface area contributed by atoms with Crippen LogP contribution in [0.25, 0.3) is 99.5 Å². The number of hydrogen-bond acceptors (Lipinski definition) is 4. The minimum atomic E-state index is 0.0321. The van der Waals surface area contributed by atoms with Gasteiger partial charge in [0.15, 0.2) is 17.5 Å². The Morgan fingerprint density at radius 2 is 0.983 bits per heavy atom. The molecule has 2 aliphatic rings. The van der Waals surface area contributed by atoms with Gasteiger partial charge in [0, 0.05) is 28.2 Å². The molecule has 12 rings (SSSR count). The number of benzene rings is 9. The first-order chi connectivity index (χ1) is 29.2. The summed E-state index contributed by atoms with van der Waals surface area (Å²) in [6.07, 6.45) is 8.64. The standard InChI is InChI=1S/C55H35N3O/c1-2-13-36(14-3-1)53-56-54(37-26-24-35(25-27-37)48-33-39-15-5-6-17-41(39)46-31-28-34-12-4-7-18-43(34)51(46)48)58-55(57-53)40-29-30-42-38(32-40)16-10-20-44(42)45-21-11-23-50-52(45)47-19-8-9-22-49(47)59-50/h1-33,47,49H. The van der Waals surface area contributed by atoms with Crippen molar-refractivity contribution in [3.05, 3.63) is 206 Å². The molecule has 59 heavy (non-hydrogen) atoms. The Morgan fingerprint density at radius 1 is 0.373 bits per heavy atom. The van der Waals surface area contributed by atoms with Crippen LogP contribution in [-0.4, -0.2) is 21.1 Å². The highest BCUT2D eigenvalue weighted by molar-refractivity contribution is 6.23. The molecule has 0 fully saturated rings. The fourth-order valence-corrected chi connectivity index (χ4v) is 9.25. The Hall–Kier alpha value is -7.69. The smallest absolute Gasteiger partial charge is 0.164 e. The fraction of sp³-hybridized carbons (Fsp3) is 0.0364. The van der Waals surface area contributed by atoms with E-state index in [4.69, 9.17) is 19.7 Å². The Kier molecular flexibility index (Phi) is 7.63. The van der Waals surface area contributed by atoms with E-state index in [0.717, 1.165) is 33.4 Å². The van der Waals surface area contributed by atoms with Gasteiger partial charge in [-0.25, -0.2) is 15.0 Å². The maximum atomic E-state index is 6.37. The summed E-state index contributed by atoms with van der Waals surface area (Å²) in [6.45, 7) is 0. The van der Waals surface area contributed by atoms with E-state index in [0.29, 0.717) is 17.5 Å². The highest BCUT2D eigenvalue weighted by atomic mass is 16.5. The van der Waals surface area contributed by atoms with E-state index < -0.39 is 0 Å². The number of ether oxygens (including phenoxy) is 1. The Labute approximate surface area is 341 Å². The molecule has 0 N–H and O–H groups in total. The number of nitrogens with zero attached hydrogens (tertiary/aromatic N) is 3. The highest BCUT2D eigenvalue weighted by Crippen LogP contribution is 2.48. The normalized spacial score (nSPS) is 15.5. The first kappa shape index (κ1) is 33.4. The van der Waals surface area contributed by atoms with Crippen molar-refractivity contribution in [2.75, 3.05) is 0 Å². The molecule has 10 aromatic rings. The predicted molar refractivity (Wildman–Crippen MR) is 242 cm³/mol. The topological polar surface area (TPSA) is 47.9 Å². The Bertz CT molecular complexity index is 3370. The molecule has 4 heteroatoms. The van der Waals surface area contributed by atoms with Crippen LogP contribution >= 0.6 is 0 Å². The van der Waals surface area contributed by atoms with Gasteiger partial charge in [-0.15, -0.1) is 0 Å². The van der Waals surface area contributed by atoms with Crippen LogP contribution in [0.15, 0.2) is 200 Å². The van der Waals surface area contributed by atoms with Gasteiger partial charge in [0.25, 0.3) is 0 Å². The average Bonchev–Trinajstić information content (AvgIpc) is 3.70. The summed E-state index contributed by atoms with van der Waals surface area (Å²) in [7, 11) is 0. The molecule has 276 valence electrons. The molecule has 2 heterocycles. The van der Waals surface area contributed by atoms with Crippen LogP contribution in [0.5, 0.6) is 5.75 Å². The zero-order valence-electron chi connectivity index (χ0n) is 32.0. The Balaban J connectivity index is 0.969. The van der Waals surface area contributed by atoms with Crippen LogP contribution in [0, 0.1) is 0 Å². The third kappa shape index (κ3) is 5.56. The number of allylic oxidation sites excluding steroid dienone is 2. The SMILES string of the molecule is C1=CC2Oc3cccc(-c4cccc5cc(-c6nc(-c7ccccc7)nc(-c7ccc(-c8cc9ccccc9c9ccc%10ccccc%10c89)cc7)n6)ccc45)c3C2C=C1. The highest BCUT2D eigenvalue weighted by Gasteiger charge is 2.34. The summed E-state index contributed by atoms with van der Waals surface area (Å²) >= 11 is 0. The monoisotopic (exact) mass is 753 g/mol. The molecule has 1 aliphatic heterocycles. The molecule has 2 atom stereocenters. The zero-order chi connectivity index (χ0) is 38.9. The molecule has 0 saturated heterocycles. The molecule has 1 aromatic heterocycles. The molecule has 2 unspecified atom stereocenters. The second-order valence-corrected chi connectivity index (χ2v) is 15.4. The molecule has 0 bridgehead atoms. The lowest BCUT2D eigenvalue weighted by Crippen LogP contribution is -2.15. The van der Waals surface area contributed by atoms with Crippen LogP contribution in [0.2, 0.25) is 0 Å².